The minimum atomic E-state index is -0.113. The summed E-state index contributed by atoms with van der Waals surface area (Å²) in [6, 6.07) is 0. The lowest BCUT2D eigenvalue weighted by Crippen LogP contribution is -2.37. The molecule has 0 aliphatic rings. The molecule has 0 bridgehead atoms. The van der Waals surface area contributed by atoms with Crippen molar-refractivity contribution in [3.05, 3.63) is 0 Å². The van der Waals surface area contributed by atoms with E-state index in [4.69, 9.17) is 5.73 Å². The van der Waals surface area contributed by atoms with Gasteiger partial charge in [-0.25, -0.2) is 0 Å². The number of carbonyl (C=O) groups excluding carboxylic acids is 1. The lowest BCUT2D eigenvalue weighted by atomic mass is 10.6. The van der Waals surface area contributed by atoms with Gasteiger partial charge in [0.2, 0.25) is 5.91 Å². The molecular weight excluding hydrogens is 142 g/mol. The van der Waals surface area contributed by atoms with Crippen molar-refractivity contribution in [1.82, 2.24) is 4.90 Å². The molecule has 1 amide bonds. The number of guanidine groups is 1. The van der Waals surface area contributed by atoms with Crippen LogP contribution in [0.1, 0.15) is 20.8 Å². The van der Waals surface area contributed by atoms with Gasteiger partial charge >= 0.3 is 0 Å². The van der Waals surface area contributed by atoms with Crippen LogP contribution in [0.2, 0.25) is 0 Å². The van der Waals surface area contributed by atoms with Crippen molar-refractivity contribution in [3.8, 4) is 0 Å². The van der Waals surface area contributed by atoms with Crippen LogP contribution in [-0.4, -0.2) is 30.9 Å². The number of amides is 1. The fraction of sp³-hybridized carbons (Fsp3) is 0.714. The van der Waals surface area contributed by atoms with Gasteiger partial charge in [-0.2, -0.15) is 0 Å². The summed E-state index contributed by atoms with van der Waals surface area (Å²) in [5, 5.41) is 0. The molecular formula is C7H17N3O. The molecule has 11 heavy (non-hydrogen) atoms. The van der Waals surface area contributed by atoms with Crippen molar-refractivity contribution in [3.63, 3.8) is 0 Å². The molecule has 0 unspecified atom stereocenters. The first-order chi connectivity index (χ1) is 5.09. The SMILES string of the molecule is CC.CN=C(N)N(C)C(C)=O. The second-order valence-electron chi connectivity index (χ2n) is 1.66. The molecule has 0 saturated carbocycles. The van der Waals surface area contributed by atoms with E-state index in [1.54, 1.807) is 7.05 Å². The average molecular weight is 159 g/mol. The Balaban J connectivity index is 0. The van der Waals surface area contributed by atoms with Gasteiger partial charge in [-0.3, -0.25) is 14.7 Å². The van der Waals surface area contributed by atoms with Gasteiger partial charge < -0.3 is 5.73 Å². The van der Waals surface area contributed by atoms with Crippen LogP contribution in [0.5, 0.6) is 0 Å². The number of aliphatic imine (C=N–C) groups is 1. The van der Waals surface area contributed by atoms with Crippen LogP contribution in [0.15, 0.2) is 4.99 Å². The highest BCUT2D eigenvalue weighted by Crippen LogP contribution is 1.80. The largest absolute Gasteiger partial charge is 0.369 e. The molecule has 0 saturated heterocycles. The number of rotatable bonds is 0. The van der Waals surface area contributed by atoms with E-state index in [0.29, 0.717) is 0 Å². The highest BCUT2D eigenvalue weighted by atomic mass is 16.2. The molecule has 2 N–H and O–H groups in total. The molecule has 0 fully saturated rings. The predicted molar refractivity (Wildman–Crippen MR) is 47.3 cm³/mol. The maximum atomic E-state index is 10.5. The topological polar surface area (TPSA) is 58.7 Å². The molecule has 0 atom stereocenters. The summed E-state index contributed by atoms with van der Waals surface area (Å²) >= 11 is 0. The summed E-state index contributed by atoms with van der Waals surface area (Å²) < 4.78 is 0. The van der Waals surface area contributed by atoms with Crippen molar-refractivity contribution < 1.29 is 4.79 Å². The summed E-state index contributed by atoms with van der Waals surface area (Å²) in [7, 11) is 3.11. The molecule has 0 aromatic rings. The maximum absolute atomic E-state index is 10.5. The summed E-state index contributed by atoms with van der Waals surface area (Å²) in [5.74, 6) is 0.126. The lowest BCUT2D eigenvalue weighted by molar-refractivity contribution is -0.124. The van der Waals surface area contributed by atoms with Crippen molar-refractivity contribution >= 4 is 11.9 Å². The van der Waals surface area contributed by atoms with Gasteiger partial charge in [-0.1, -0.05) is 13.8 Å². The minimum absolute atomic E-state index is 0.113. The van der Waals surface area contributed by atoms with Gasteiger partial charge in [0, 0.05) is 21.0 Å². The van der Waals surface area contributed by atoms with E-state index < -0.39 is 0 Å². The Bertz CT molecular complexity index is 143. The number of nitrogens with zero attached hydrogens (tertiary/aromatic N) is 2. The quantitative estimate of drug-likeness (QED) is 0.411. The smallest absolute Gasteiger partial charge is 0.225 e. The van der Waals surface area contributed by atoms with Crippen LogP contribution in [0.25, 0.3) is 0 Å². The highest BCUT2D eigenvalue weighted by Gasteiger charge is 2.03. The lowest BCUT2D eigenvalue weighted by Gasteiger charge is -2.11. The molecule has 0 aromatic heterocycles. The normalized spacial score (nSPS) is 9.73. The molecule has 4 heteroatoms. The fourth-order valence-electron chi connectivity index (χ4n) is 0.311. The van der Waals surface area contributed by atoms with E-state index in [1.165, 1.54) is 18.9 Å². The summed E-state index contributed by atoms with van der Waals surface area (Å²) in [6.45, 7) is 5.43. The van der Waals surface area contributed by atoms with Crippen molar-refractivity contribution in [2.24, 2.45) is 10.7 Å². The summed E-state index contributed by atoms with van der Waals surface area (Å²) in [5.41, 5.74) is 5.27. The third-order valence-electron chi connectivity index (χ3n) is 1.05. The van der Waals surface area contributed by atoms with E-state index >= 15 is 0 Å². The Kier molecular flexibility index (Phi) is 8.08. The van der Waals surface area contributed by atoms with Crippen LogP contribution < -0.4 is 5.73 Å². The third kappa shape index (κ3) is 5.39. The molecule has 4 nitrogen and oxygen atoms in total. The minimum Gasteiger partial charge on any atom is -0.369 e. The van der Waals surface area contributed by atoms with Gasteiger partial charge in [0.1, 0.15) is 0 Å². The Morgan fingerprint density at radius 1 is 1.45 bits per heavy atom. The second-order valence-corrected chi connectivity index (χ2v) is 1.66. The van der Waals surface area contributed by atoms with Crippen molar-refractivity contribution in [2.75, 3.05) is 14.1 Å². The highest BCUT2D eigenvalue weighted by molar-refractivity contribution is 5.94. The molecule has 0 aliphatic heterocycles. The molecule has 66 valence electrons. The fourth-order valence-corrected chi connectivity index (χ4v) is 0.311. The van der Waals surface area contributed by atoms with Gasteiger partial charge in [0.05, 0.1) is 0 Å². The van der Waals surface area contributed by atoms with Crippen LogP contribution in [-0.2, 0) is 4.79 Å². The Morgan fingerprint density at radius 2 is 1.82 bits per heavy atom. The van der Waals surface area contributed by atoms with Crippen LogP contribution in [0.3, 0.4) is 0 Å². The third-order valence-corrected chi connectivity index (χ3v) is 1.05. The molecule has 0 heterocycles. The molecule has 0 spiro atoms. The van der Waals surface area contributed by atoms with Crippen LogP contribution in [0, 0.1) is 0 Å². The zero-order valence-electron chi connectivity index (χ0n) is 7.88. The monoisotopic (exact) mass is 159 g/mol. The van der Waals surface area contributed by atoms with Crippen LogP contribution in [0.4, 0.5) is 0 Å². The Hall–Kier alpha value is -1.06. The zero-order chi connectivity index (χ0) is 9.44. The van der Waals surface area contributed by atoms with E-state index in [0.717, 1.165) is 0 Å². The Morgan fingerprint density at radius 3 is 1.91 bits per heavy atom. The molecule has 0 aliphatic carbocycles. The standard InChI is InChI=1S/C5H11N3O.C2H6/c1-4(9)8(3)5(6)7-2;1-2/h1-3H3,(H2,6,7);1-2H3. The Labute approximate surface area is 68.1 Å². The number of hydrogen-bond acceptors (Lipinski definition) is 2. The molecule has 0 rings (SSSR count). The van der Waals surface area contributed by atoms with Gasteiger partial charge in [0.15, 0.2) is 5.96 Å². The van der Waals surface area contributed by atoms with Crippen molar-refractivity contribution in [2.45, 2.75) is 20.8 Å². The van der Waals surface area contributed by atoms with Gasteiger partial charge in [-0.05, 0) is 0 Å². The maximum Gasteiger partial charge on any atom is 0.225 e. The van der Waals surface area contributed by atoms with Crippen molar-refractivity contribution in [1.29, 1.82) is 0 Å². The van der Waals surface area contributed by atoms with Crippen LogP contribution >= 0.6 is 0 Å². The van der Waals surface area contributed by atoms with E-state index in [9.17, 15) is 4.79 Å². The predicted octanol–water partition coefficient (Wildman–Crippen LogP) is 0.435. The zero-order valence-corrected chi connectivity index (χ0v) is 7.88. The first kappa shape index (κ1) is 12.6. The number of carbonyl (C=O) groups is 1. The first-order valence-electron chi connectivity index (χ1n) is 3.56. The summed E-state index contributed by atoms with van der Waals surface area (Å²) in [6.07, 6.45) is 0. The van der Waals surface area contributed by atoms with E-state index in [1.807, 2.05) is 13.8 Å². The molecule has 0 aromatic carbocycles. The summed E-state index contributed by atoms with van der Waals surface area (Å²) in [4.78, 5) is 15.4. The number of hydrogen-bond donors (Lipinski definition) is 1. The average Bonchev–Trinajstić information content (AvgIpc) is 2.05. The number of nitrogens with two attached hydrogens (primary N) is 1. The molecule has 0 radical (unpaired) electrons. The van der Waals surface area contributed by atoms with Gasteiger partial charge in [-0.15, -0.1) is 0 Å². The van der Waals surface area contributed by atoms with E-state index in [2.05, 4.69) is 4.99 Å². The second kappa shape index (κ2) is 7.05. The first-order valence-corrected chi connectivity index (χ1v) is 3.56. The van der Waals surface area contributed by atoms with Gasteiger partial charge in [0.25, 0.3) is 0 Å². The van der Waals surface area contributed by atoms with E-state index in [-0.39, 0.29) is 11.9 Å².